The maximum absolute atomic E-state index is 12.7. The Morgan fingerprint density at radius 3 is 2.41 bits per heavy atom. The first-order chi connectivity index (χ1) is 15.6. The number of carbonyl (C=O) groups is 1. The number of ether oxygens (including phenoxy) is 2. The average molecular weight is 426 g/mol. The molecule has 3 aromatic carbocycles. The molecule has 0 fully saturated rings. The number of nitrogens with zero attached hydrogens (tertiary/aromatic N) is 1. The van der Waals surface area contributed by atoms with Gasteiger partial charge in [0.25, 0.3) is 0 Å². The van der Waals surface area contributed by atoms with Crippen LogP contribution in [0.15, 0.2) is 85.1 Å². The van der Waals surface area contributed by atoms with Gasteiger partial charge in [0.15, 0.2) is 11.7 Å². The summed E-state index contributed by atoms with van der Waals surface area (Å²) in [7, 11) is 1.65. The lowest BCUT2D eigenvalue weighted by molar-refractivity contribution is -0.120. The van der Waals surface area contributed by atoms with Crippen molar-refractivity contribution in [1.82, 2.24) is 4.57 Å². The Kier molecular flexibility index (Phi) is 6.41. The standard InChI is InChI=1S/C28H27NO3/c1-20-10-9-13-23(21(20)2)16-25(30)19-32-28-17-24(22-11-5-4-6-12-22)18-29(28)26-14-7-8-15-27(26)31-3/h4-15,17-18H,16,19H2,1-3H3. The highest BCUT2D eigenvalue weighted by atomic mass is 16.5. The highest BCUT2D eigenvalue weighted by molar-refractivity contribution is 5.82. The van der Waals surface area contributed by atoms with E-state index < -0.39 is 0 Å². The van der Waals surface area contributed by atoms with Gasteiger partial charge in [0.05, 0.1) is 12.8 Å². The number of para-hydroxylation sites is 2. The number of hydrogen-bond acceptors (Lipinski definition) is 3. The molecule has 0 N–H and O–H groups in total. The van der Waals surface area contributed by atoms with Crippen molar-refractivity contribution in [2.75, 3.05) is 13.7 Å². The lowest BCUT2D eigenvalue weighted by atomic mass is 9.99. The molecule has 0 unspecified atom stereocenters. The Morgan fingerprint density at radius 2 is 1.62 bits per heavy atom. The Morgan fingerprint density at radius 1 is 0.875 bits per heavy atom. The van der Waals surface area contributed by atoms with Gasteiger partial charge in [-0.1, -0.05) is 60.7 Å². The first-order valence-electron chi connectivity index (χ1n) is 10.7. The second-order valence-corrected chi connectivity index (χ2v) is 7.84. The zero-order valence-corrected chi connectivity index (χ0v) is 18.7. The van der Waals surface area contributed by atoms with Crippen molar-refractivity contribution < 1.29 is 14.3 Å². The Balaban J connectivity index is 1.61. The summed E-state index contributed by atoms with van der Waals surface area (Å²) in [6.07, 6.45) is 2.37. The van der Waals surface area contributed by atoms with E-state index in [1.54, 1.807) is 7.11 Å². The Hall–Kier alpha value is -3.79. The van der Waals surface area contributed by atoms with Gasteiger partial charge in [-0.3, -0.25) is 9.36 Å². The van der Waals surface area contributed by atoms with Crippen LogP contribution in [0.5, 0.6) is 11.6 Å². The predicted octanol–water partition coefficient (Wildman–Crippen LogP) is 5.96. The summed E-state index contributed by atoms with van der Waals surface area (Å²) in [5.41, 5.74) is 6.33. The fourth-order valence-electron chi connectivity index (χ4n) is 3.78. The van der Waals surface area contributed by atoms with Gasteiger partial charge in [0.1, 0.15) is 12.4 Å². The second-order valence-electron chi connectivity index (χ2n) is 7.84. The largest absolute Gasteiger partial charge is 0.495 e. The van der Waals surface area contributed by atoms with E-state index in [2.05, 4.69) is 32.0 Å². The minimum absolute atomic E-state index is 0.000768. The molecule has 32 heavy (non-hydrogen) atoms. The molecule has 4 heteroatoms. The maximum Gasteiger partial charge on any atom is 0.199 e. The van der Waals surface area contributed by atoms with Crippen LogP contribution in [-0.4, -0.2) is 24.1 Å². The first kappa shape index (κ1) is 21.4. The van der Waals surface area contributed by atoms with Gasteiger partial charge in [-0.15, -0.1) is 0 Å². The molecule has 0 spiro atoms. The van der Waals surface area contributed by atoms with Crippen molar-refractivity contribution >= 4 is 5.78 Å². The van der Waals surface area contributed by atoms with Gasteiger partial charge in [0, 0.05) is 24.2 Å². The van der Waals surface area contributed by atoms with Crippen LogP contribution in [-0.2, 0) is 11.2 Å². The normalized spacial score (nSPS) is 10.7. The molecule has 4 aromatic rings. The zero-order chi connectivity index (χ0) is 22.5. The average Bonchev–Trinajstić information content (AvgIpc) is 3.25. The zero-order valence-electron chi connectivity index (χ0n) is 18.7. The molecule has 0 saturated carbocycles. The second kappa shape index (κ2) is 9.56. The smallest absolute Gasteiger partial charge is 0.199 e. The fraction of sp³-hybridized carbons (Fsp3) is 0.179. The van der Waals surface area contributed by atoms with Gasteiger partial charge in [0.2, 0.25) is 0 Å². The molecule has 0 bridgehead atoms. The molecular weight excluding hydrogens is 398 g/mol. The van der Waals surface area contributed by atoms with Crippen LogP contribution in [0.3, 0.4) is 0 Å². The van der Waals surface area contributed by atoms with Crippen molar-refractivity contribution in [3.8, 4) is 28.4 Å². The van der Waals surface area contributed by atoms with E-state index in [9.17, 15) is 4.79 Å². The third-order valence-electron chi connectivity index (χ3n) is 5.72. The van der Waals surface area contributed by atoms with E-state index in [1.165, 1.54) is 5.56 Å². The molecule has 0 amide bonds. The van der Waals surface area contributed by atoms with Crippen LogP contribution < -0.4 is 9.47 Å². The number of methoxy groups -OCH3 is 1. The summed E-state index contributed by atoms with van der Waals surface area (Å²) in [5, 5.41) is 0. The SMILES string of the molecule is COc1ccccc1-n1cc(-c2ccccc2)cc1OCC(=O)Cc1cccc(C)c1C. The lowest BCUT2D eigenvalue weighted by Gasteiger charge is -2.14. The van der Waals surface area contributed by atoms with Gasteiger partial charge in [-0.05, 0) is 48.2 Å². The number of Topliss-reactive ketones (excluding diaryl/α,β-unsaturated/α-hetero) is 1. The minimum atomic E-state index is 0.000768. The molecule has 0 saturated heterocycles. The molecule has 4 rings (SSSR count). The van der Waals surface area contributed by atoms with E-state index in [4.69, 9.17) is 9.47 Å². The summed E-state index contributed by atoms with van der Waals surface area (Å²) in [6, 6.07) is 25.9. The van der Waals surface area contributed by atoms with Crippen LogP contribution in [0.25, 0.3) is 16.8 Å². The predicted molar refractivity (Wildman–Crippen MR) is 128 cm³/mol. The van der Waals surface area contributed by atoms with Crippen LogP contribution in [0.2, 0.25) is 0 Å². The molecule has 1 heterocycles. The number of carbonyl (C=O) groups excluding carboxylic acids is 1. The van der Waals surface area contributed by atoms with Gasteiger partial charge in [-0.2, -0.15) is 0 Å². The number of hydrogen-bond donors (Lipinski definition) is 0. The molecule has 0 aliphatic heterocycles. The van der Waals surface area contributed by atoms with E-state index in [-0.39, 0.29) is 12.4 Å². The van der Waals surface area contributed by atoms with Crippen molar-refractivity contribution in [2.24, 2.45) is 0 Å². The van der Waals surface area contributed by atoms with Crippen LogP contribution >= 0.6 is 0 Å². The highest BCUT2D eigenvalue weighted by Gasteiger charge is 2.15. The molecule has 0 aliphatic rings. The quantitative estimate of drug-likeness (QED) is 0.350. The van der Waals surface area contributed by atoms with Gasteiger partial charge in [-0.25, -0.2) is 0 Å². The van der Waals surface area contributed by atoms with Gasteiger partial charge >= 0.3 is 0 Å². The molecule has 162 valence electrons. The molecule has 0 aliphatic carbocycles. The third-order valence-corrected chi connectivity index (χ3v) is 5.72. The van der Waals surface area contributed by atoms with E-state index in [0.717, 1.165) is 33.7 Å². The summed E-state index contributed by atoms with van der Waals surface area (Å²) < 4.78 is 13.5. The first-order valence-corrected chi connectivity index (χ1v) is 10.7. The monoisotopic (exact) mass is 425 g/mol. The summed E-state index contributed by atoms with van der Waals surface area (Å²) in [6.45, 7) is 4.11. The molecule has 4 nitrogen and oxygen atoms in total. The van der Waals surface area contributed by atoms with E-state index >= 15 is 0 Å². The molecule has 0 radical (unpaired) electrons. The number of aromatic nitrogens is 1. The van der Waals surface area contributed by atoms with Crippen molar-refractivity contribution in [3.63, 3.8) is 0 Å². The third kappa shape index (κ3) is 4.59. The van der Waals surface area contributed by atoms with Gasteiger partial charge < -0.3 is 9.47 Å². The van der Waals surface area contributed by atoms with Crippen molar-refractivity contribution in [2.45, 2.75) is 20.3 Å². The number of ketones is 1. The summed E-state index contributed by atoms with van der Waals surface area (Å²) in [4.78, 5) is 12.7. The molecule has 1 aromatic heterocycles. The van der Waals surface area contributed by atoms with E-state index in [0.29, 0.717) is 12.3 Å². The molecule has 0 atom stereocenters. The Bertz CT molecular complexity index is 1220. The Labute approximate surface area is 189 Å². The maximum atomic E-state index is 12.7. The van der Waals surface area contributed by atoms with Crippen LogP contribution in [0.4, 0.5) is 0 Å². The number of benzene rings is 3. The number of rotatable bonds is 8. The van der Waals surface area contributed by atoms with Crippen LogP contribution in [0.1, 0.15) is 16.7 Å². The van der Waals surface area contributed by atoms with Crippen molar-refractivity contribution in [3.05, 3.63) is 102 Å². The minimum Gasteiger partial charge on any atom is -0.495 e. The van der Waals surface area contributed by atoms with Crippen LogP contribution in [0, 0.1) is 13.8 Å². The lowest BCUT2D eigenvalue weighted by Crippen LogP contribution is -2.16. The summed E-state index contributed by atoms with van der Waals surface area (Å²) in [5.74, 6) is 1.37. The number of aryl methyl sites for hydroxylation is 1. The highest BCUT2D eigenvalue weighted by Crippen LogP contribution is 2.33. The van der Waals surface area contributed by atoms with E-state index in [1.807, 2.05) is 71.4 Å². The fourth-order valence-corrected chi connectivity index (χ4v) is 3.78. The topological polar surface area (TPSA) is 40.5 Å². The summed E-state index contributed by atoms with van der Waals surface area (Å²) >= 11 is 0. The molecular formula is C28H27NO3. The van der Waals surface area contributed by atoms with Crippen molar-refractivity contribution in [1.29, 1.82) is 0 Å².